The SMILES string of the molecule is COC(=O)C1C=C(c2ccc(S(N)(=O)=O)cc2)C(c2ccc(C(F)(F)F)cn2)=C1. The lowest BCUT2D eigenvalue weighted by atomic mass is 9.98. The number of sulfonamides is 1. The second-order valence-corrected chi connectivity index (χ2v) is 7.77. The maximum atomic E-state index is 12.8. The Labute approximate surface area is 164 Å². The first-order chi connectivity index (χ1) is 13.5. The van der Waals surface area contributed by atoms with E-state index in [1.54, 1.807) is 6.08 Å². The fraction of sp³-hybridized carbons (Fsp3) is 0.158. The van der Waals surface area contributed by atoms with Crippen LogP contribution in [0.2, 0.25) is 0 Å². The van der Waals surface area contributed by atoms with Gasteiger partial charge in [0.25, 0.3) is 0 Å². The molecule has 0 bridgehead atoms. The topological polar surface area (TPSA) is 99.4 Å². The average molecular weight is 424 g/mol. The van der Waals surface area contributed by atoms with Crippen molar-refractivity contribution in [3.8, 4) is 0 Å². The smallest absolute Gasteiger partial charge is 0.417 e. The minimum absolute atomic E-state index is 0.0949. The number of carbonyl (C=O) groups is 1. The summed E-state index contributed by atoms with van der Waals surface area (Å²) < 4.78 is 66.0. The first-order valence-electron chi connectivity index (χ1n) is 8.19. The lowest BCUT2D eigenvalue weighted by molar-refractivity contribution is -0.142. The number of benzene rings is 1. The molecular weight excluding hydrogens is 409 g/mol. The maximum Gasteiger partial charge on any atom is 0.417 e. The van der Waals surface area contributed by atoms with Gasteiger partial charge in [0.1, 0.15) is 0 Å². The molecule has 1 aliphatic carbocycles. The molecule has 10 heteroatoms. The van der Waals surface area contributed by atoms with Gasteiger partial charge in [-0.2, -0.15) is 13.2 Å². The van der Waals surface area contributed by atoms with Crippen LogP contribution in [0.15, 0.2) is 59.6 Å². The van der Waals surface area contributed by atoms with Crippen molar-refractivity contribution in [1.29, 1.82) is 0 Å². The average Bonchev–Trinajstić information content (AvgIpc) is 3.11. The summed E-state index contributed by atoms with van der Waals surface area (Å²) in [7, 11) is -2.66. The highest BCUT2D eigenvalue weighted by atomic mass is 32.2. The normalized spacial score (nSPS) is 16.9. The molecule has 1 aromatic carbocycles. The first-order valence-corrected chi connectivity index (χ1v) is 9.74. The number of hydrogen-bond acceptors (Lipinski definition) is 5. The number of methoxy groups -OCH3 is 1. The second-order valence-electron chi connectivity index (χ2n) is 6.21. The van der Waals surface area contributed by atoms with Crippen molar-refractivity contribution < 1.29 is 31.1 Å². The molecular formula is C19H15F3N2O4S. The number of hydrogen-bond donors (Lipinski definition) is 1. The third-order valence-corrected chi connectivity index (χ3v) is 5.25. The number of carbonyl (C=O) groups excluding carboxylic acids is 1. The standard InChI is InChI=1S/C19H15F3N2O4S/c1-28-18(25)12-8-15(11-2-5-14(6-3-11)29(23,26)27)16(9-12)17-7-4-13(10-24-17)19(20,21)22/h2-10,12H,1H3,(H2,23,26,27). The van der Waals surface area contributed by atoms with Gasteiger partial charge < -0.3 is 4.74 Å². The molecule has 2 N–H and O–H groups in total. The highest BCUT2D eigenvalue weighted by molar-refractivity contribution is 7.89. The number of halogens is 3. The molecule has 0 saturated heterocycles. The second kappa shape index (κ2) is 7.45. The van der Waals surface area contributed by atoms with E-state index in [4.69, 9.17) is 9.88 Å². The monoisotopic (exact) mass is 424 g/mol. The summed E-state index contributed by atoms with van der Waals surface area (Å²) in [5.74, 6) is -1.31. The number of primary sulfonamides is 1. The van der Waals surface area contributed by atoms with Gasteiger partial charge in [0.05, 0.1) is 29.2 Å². The molecule has 0 saturated carbocycles. The summed E-state index contributed by atoms with van der Waals surface area (Å²) in [6.45, 7) is 0. The Kier molecular flexibility index (Phi) is 5.33. The van der Waals surface area contributed by atoms with Crippen LogP contribution < -0.4 is 5.14 Å². The van der Waals surface area contributed by atoms with Crippen LogP contribution in [0, 0.1) is 5.92 Å². The molecule has 1 atom stereocenters. The molecule has 0 radical (unpaired) electrons. The van der Waals surface area contributed by atoms with Crippen LogP contribution in [0.3, 0.4) is 0 Å². The molecule has 1 aliphatic rings. The minimum atomic E-state index is -4.52. The summed E-state index contributed by atoms with van der Waals surface area (Å²) in [6.07, 6.45) is -0.702. The van der Waals surface area contributed by atoms with E-state index in [1.165, 1.54) is 43.5 Å². The van der Waals surface area contributed by atoms with Crippen LogP contribution in [0.5, 0.6) is 0 Å². The molecule has 1 heterocycles. The van der Waals surface area contributed by atoms with Gasteiger partial charge in [0.2, 0.25) is 10.0 Å². The van der Waals surface area contributed by atoms with E-state index in [9.17, 15) is 26.4 Å². The van der Waals surface area contributed by atoms with E-state index in [0.717, 1.165) is 6.07 Å². The maximum absolute atomic E-state index is 12.8. The lowest BCUT2D eigenvalue weighted by Gasteiger charge is -2.11. The molecule has 0 spiro atoms. The molecule has 1 aromatic heterocycles. The lowest BCUT2D eigenvalue weighted by Crippen LogP contribution is -2.11. The summed E-state index contributed by atoms with van der Waals surface area (Å²) in [4.78, 5) is 15.7. The molecule has 6 nitrogen and oxygen atoms in total. The van der Waals surface area contributed by atoms with Gasteiger partial charge in [-0.1, -0.05) is 24.3 Å². The van der Waals surface area contributed by atoms with Gasteiger partial charge in [0, 0.05) is 11.8 Å². The van der Waals surface area contributed by atoms with Crippen molar-refractivity contribution in [2.24, 2.45) is 11.1 Å². The molecule has 29 heavy (non-hydrogen) atoms. The van der Waals surface area contributed by atoms with Crippen molar-refractivity contribution in [1.82, 2.24) is 4.98 Å². The van der Waals surface area contributed by atoms with Gasteiger partial charge >= 0.3 is 12.1 Å². The van der Waals surface area contributed by atoms with E-state index in [1.807, 2.05) is 0 Å². The Hall–Kier alpha value is -2.98. The zero-order valence-corrected chi connectivity index (χ0v) is 15.8. The number of alkyl halides is 3. The number of allylic oxidation sites excluding steroid dienone is 2. The molecule has 152 valence electrons. The fourth-order valence-corrected chi connectivity index (χ4v) is 3.39. The van der Waals surface area contributed by atoms with Gasteiger partial charge in [-0.05, 0) is 35.4 Å². The Morgan fingerprint density at radius 1 is 1.07 bits per heavy atom. The highest BCUT2D eigenvalue weighted by Crippen LogP contribution is 2.39. The first kappa shape index (κ1) is 20.7. The van der Waals surface area contributed by atoms with Crippen molar-refractivity contribution >= 4 is 27.1 Å². The van der Waals surface area contributed by atoms with Gasteiger partial charge in [-0.3, -0.25) is 9.78 Å². The predicted octanol–water partition coefficient (Wildman–Crippen LogP) is 3.02. The number of ether oxygens (including phenoxy) is 1. The predicted molar refractivity (Wildman–Crippen MR) is 98.5 cm³/mol. The molecule has 3 rings (SSSR count). The van der Waals surface area contributed by atoms with Crippen LogP contribution >= 0.6 is 0 Å². The molecule has 0 aliphatic heterocycles. The van der Waals surface area contributed by atoms with Crippen molar-refractivity contribution in [3.05, 3.63) is 71.6 Å². The summed E-state index contributed by atoms with van der Waals surface area (Å²) in [5.41, 5.74) is 0.807. The quantitative estimate of drug-likeness (QED) is 0.761. The minimum Gasteiger partial charge on any atom is -0.468 e. The summed E-state index contributed by atoms with van der Waals surface area (Å²) in [6, 6.07) is 7.69. The number of nitrogens with two attached hydrogens (primary N) is 1. The Balaban J connectivity index is 2.04. The number of nitrogens with zero attached hydrogens (tertiary/aromatic N) is 1. The van der Waals surface area contributed by atoms with E-state index in [2.05, 4.69) is 4.98 Å². The zero-order valence-electron chi connectivity index (χ0n) is 15.0. The zero-order chi connectivity index (χ0) is 21.4. The van der Waals surface area contributed by atoms with Crippen LogP contribution in [-0.2, 0) is 25.7 Å². The van der Waals surface area contributed by atoms with Gasteiger partial charge in [-0.15, -0.1) is 0 Å². The Morgan fingerprint density at radius 2 is 1.69 bits per heavy atom. The third-order valence-electron chi connectivity index (χ3n) is 4.32. The molecule has 0 amide bonds. The molecule has 0 fully saturated rings. The Bertz CT molecular complexity index is 1100. The van der Waals surface area contributed by atoms with Crippen LogP contribution in [0.25, 0.3) is 11.1 Å². The van der Waals surface area contributed by atoms with Crippen molar-refractivity contribution in [2.45, 2.75) is 11.1 Å². The van der Waals surface area contributed by atoms with E-state index in [-0.39, 0.29) is 10.6 Å². The van der Waals surface area contributed by atoms with E-state index >= 15 is 0 Å². The number of esters is 1. The van der Waals surface area contributed by atoms with E-state index in [0.29, 0.717) is 22.9 Å². The molecule has 2 aromatic rings. The van der Waals surface area contributed by atoms with Gasteiger partial charge in [-0.25, -0.2) is 13.6 Å². The van der Waals surface area contributed by atoms with Crippen LogP contribution in [0.1, 0.15) is 16.8 Å². The highest BCUT2D eigenvalue weighted by Gasteiger charge is 2.31. The number of pyridine rings is 1. The van der Waals surface area contributed by atoms with Crippen molar-refractivity contribution in [2.75, 3.05) is 7.11 Å². The van der Waals surface area contributed by atoms with Crippen molar-refractivity contribution in [3.63, 3.8) is 0 Å². The number of rotatable bonds is 4. The largest absolute Gasteiger partial charge is 0.468 e. The Morgan fingerprint density at radius 3 is 2.17 bits per heavy atom. The summed E-state index contributed by atoms with van der Waals surface area (Å²) >= 11 is 0. The summed E-state index contributed by atoms with van der Waals surface area (Å²) in [5, 5.41) is 5.09. The number of aromatic nitrogens is 1. The molecule has 1 unspecified atom stereocenters. The third kappa shape index (κ3) is 4.38. The van der Waals surface area contributed by atoms with E-state index < -0.39 is 33.7 Å². The van der Waals surface area contributed by atoms with Gasteiger partial charge in [0.15, 0.2) is 0 Å². The van der Waals surface area contributed by atoms with Crippen LogP contribution in [-0.4, -0.2) is 26.5 Å². The fourth-order valence-electron chi connectivity index (χ4n) is 2.88. The van der Waals surface area contributed by atoms with Crippen LogP contribution in [0.4, 0.5) is 13.2 Å².